The highest BCUT2D eigenvalue weighted by molar-refractivity contribution is 6.31. The SMILES string of the molecule is NNC(CC1CC1)c1cccc(F)c1Cl. The highest BCUT2D eigenvalue weighted by Gasteiger charge is 2.27. The first-order chi connectivity index (χ1) is 7.22. The molecule has 2 rings (SSSR count). The molecule has 0 radical (unpaired) electrons. The van der Waals surface area contributed by atoms with E-state index in [9.17, 15) is 4.39 Å². The molecule has 1 saturated carbocycles. The zero-order valence-corrected chi connectivity index (χ0v) is 9.10. The van der Waals surface area contributed by atoms with Gasteiger partial charge in [-0.2, -0.15) is 0 Å². The molecule has 1 aromatic carbocycles. The number of hydrazine groups is 1. The second-order valence-corrected chi connectivity index (χ2v) is 4.42. The zero-order chi connectivity index (χ0) is 10.8. The fourth-order valence-corrected chi connectivity index (χ4v) is 2.02. The van der Waals surface area contributed by atoms with Gasteiger partial charge < -0.3 is 0 Å². The summed E-state index contributed by atoms with van der Waals surface area (Å²) in [5.41, 5.74) is 3.46. The van der Waals surface area contributed by atoms with E-state index in [4.69, 9.17) is 17.4 Å². The summed E-state index contributed by atoms with van der Waals surface area (Å²) in [6.07, 6.45) is 3.41. The normalized spacial score (nSPS) is 17.8. The van der Waals surface area contributed by atoms with E-state index in [2.05, 4.69) is 5.43 Å². The van der Waals surface area contributed by atoms with Crippen LogP contribution in [0.15, 0.2) is 18.2 Å². The van der Waals surface area contributed by atoms with Crippen LogP contribution >= 0.6 is 11.6 Å². The second-order valence-electron chi connectivity index (χ2n) is 4.04. The first-order valence-electron chi connectivity index (χ1n) is 5.12. The van der Waals surface area contributed by atoms with Gasteiger partial charge in [0.2, 0.25) is 0 Å². The van der Waals surface area contributed by atoms with Crippen molar-refractivity contribution in [3.63, 3.8) is 0 Å². The lowest BCUT2D eigenvalue weighted by Crippen LogP contribution is -2.28. The molecule has 4 heteroatoms. The molecule has 3 N–H and O–H groups in total. The van der Waals surface area contributed by atoms with Crippen molar-refractivity contribution in [1.82, 2.24) is 5.43 Å². The molecule has 2 nitrogen and oxygen atoms in total. The van der Waals surface area contributed by atoms with Crippen molar-refractivity contribution in [1.29, 1.82) is 0 Å². The van der Waals surface area contributed by atoms with Gasteiger partial charge in [-0.1, -0.05) is 36.6 Å². The van der Waals surface area contributed by atoms with Crippen molar-refractivity contribution < 1.29 is 4.39 Å². The van der Waals surface area contributed by atoms with Crippen molar-refractivity contribution in [3.8, 4) is 0 Å². The Morgan fingerprint density at radius 2 is 2.27 bits per heavy atom. The average Bonchev–Trinajstić information content (AvgIpc) is 3.03. The molecule has 0 aromatic heterocycles. The molecule has 82 valence electrons. The molecule has 0 aliphatic heterocycles. The van der Waals surface area contributed by atoms with Crippen LogP contribution < -0.4 is 11.3 Å². The summed E-state index contributed by atoms with van der Waals surface area (Å²) < 4.78 is 13.2. The second kappa shape index (κ2) is 4.47. The molecule has 0 amide bonds. The monoisotopic (exact) mass is 228 g/mol. The van der Waals surface area contributed by atoms with Crippen molar-refractivity contribution >= 4 is 11.6 Å². The Labute approximate surface area is 93.6 Å². The number of hydrogen-bond donors (Lipinski definition) is 2. The standard InChI is InChI=1S/C11H14ClFN2/c12-11-8(2-1-3-9(11)13)10(15-14)6-7-4-5-7/h1-3,7,10,15H,4-6,14H2. The minimum Gasteiger partial charge on any atom is -0.271 e. The number of rotatable bonds is 4. The van der Waals surface area contributed by atoms with Gasteiger partial charge in [0.1, 0.15) is 5.82 Å². The maximum atomic E-state index is 13.2. The number of benzene rings is 1. The third kappa shape index (κ3) is 2.48. The van der Waals surface area contributed by atoms with E-state index in [0.717, 1.165) is 12.0 Å². The van der Waals surface area contributed by atoms with Gasteiger partial charge in [0.25, 0.3) is 0 Å². The van der Waals surface area contributed by atoms with Crippen LogP contribution in [0.4, 0.5) is 4.39 Å². The quantitative estimate of drug-likeness (QED) is 0.614. The van der Waals surface area contributed by atoms with E-state index >= 15 is 0 Å². The smallest absolute Gasteiger partial charge is 0.142 e. The van der Waals surface area contributed by atoms with E-state index in [1.54, 1.807) is 6.07 Å². The number of hydrogen-bond acceptors (Lipinski definition) is 2. The first-order valence-corrected chi connectivity index (χ1v) is 5.50. The first kappa shape index (κ1) is 10.9. The summed E-state index contributed by atoms with van der Waals surface area (Å²) in [7, 11) is 0. The van der Waals surface area contributed by atoms with E-state index in [0.29, 0.717) is 5.92 Å². The molecule has 0 spiro atoms. The van der Waals surface area contributed by atoms with Gasteiger partial charge in [-0.05, 0) is 24.0 Å². The van der Waals surface area contributed by atoms with Crippen LogP contribution in [0.3, 0.4) is 0 Å². The third-order valence-corrected chi connectivity index (χ3v) is 3.22. The molecule has 0 saturated heterocycles. The zero-order valence-electron chi connectivity index (χ0n) is 8.34. The maximum Gasteiger partial charge on any atom is 0.142 e. The lowest BCUT2D eigenvalue weighted by molar-refractivity contribution is 0.484. The van der Waals surface area contributed by atoms with Gasteiger partial charge >= 0.3 is 0 Å². The summed E-state index contributed by atoms with van der Waals surface area (Å²) in [6.45, 7) is 0. The van der Waals surface area contributed by atoms with Crippen LogP contribution in [0.2, 0.25) is 5.02 Å². The summed E-state index contributed by atoms with van der Waals surface area (Å²) >= 11 is 5.90. The molecule has 1 aliphatic rings. The minimum atomic E-state index is -0.384. The van der Waals surface area contributed by atoms with Gasteiger partial charge in [-0.25, -0.2) is 4.39 Å². The Hall–Kier alpha value is -0.640. The van der Waals surface area contributed by atoms with Gasteiger partial charge in [-0.3, -0.25) is 11.3 Å². The molecule has 1 aromatic rings. The Morgan fingerprint density at radius 3 is 2.87 bits per heavy atom. The average molecular weight is 229 g/mol. The van der Waals surface area contributed by atoms with Crippen molar-refractivity contribution in [2.45, 2.75) is 25.3 Å². The highest BCUT2D eigenvalue weighted by atomic mass is 35.5. The van der Waals surface area contributed by atoms with E-state index in [1.165, 1.54) is 18.9 Å². The largest absolute Gasteiger partial charge is 0.271 e. The number of nitrogens with one attached hydrogen (secondary N) is 1. The summed E-state index contributed by atoms with van der Waals surface area (Å²) in [5, 5.41) is 0.182. The predicted octanol–water partition coefficient (Wildman–Crippen LogP) is 2.78. The Balaban J connectivity index is 2.20. The van der Waals surface area contributed by atoms with Crippen LogP contribution in [0.5, 0.6) is 0 Å². The molecular weight excluding hydrogens is 215 g/mol. The summed E-state index contributed by atoms with van der Waals surface area (Å²) in [4.78, 5) is 0. The fourth-order valence-electron chi connectivity index (χ4n) is 1.76. The molecular formula is C11H14ClFN2. The lowest BCUT2D eigenvalue weighted by Gasteiger charge is -2.17. The molecule has 1 atom stereocenters. The summed E-state index contributed by atoms with van der Waals surface area (Å²) in [6, 6.07) is 4.79. The Kier molecular flexibility index (Phi) is 3.24. The molecule has 0 bridgehead atoms. The highest BCUT2D eigenvalue weighted by Crippen LogP contribution is 2.39. The van der Waals surface area contributed by atoms with Gasteiger partial charge in [-0.15, -0.1) is 0 Å². The molecule has 0 heterocycles. The third-order valence-electron chi connectivity index (χ3n) is 2.82. The summed E-state index contributed by atoms with van der Waals surface area (Å²) in [5.74, 6) is 5.80. The van der Waals surface area contributed by atoms with Crippen molar-refractivity contribution in [3.05, 3.63) is 34.6 Å². The molecule has 1 fully saturated rings. The van der Waals surface area contributed by atoms with Crippen LogP contribution in [0.1, 0.15) is 30.9 Å². The van der Waals surface area contributed by atoms with E-state index < -0.39 is 0 Å². The van der Waals surface area contributed by atoms with Crippen molar-refractivity contribution in [2.75, 3.05) is 0 Å². The molecule has 1 unspecified atom stereocenters. The van der Waals surface area contributed by atoms with Crippen LogP contribution in [0, 0.1) is 11.7 Å². The van der Waals surface area contributed by atoms with Gasteiger partial charge in [0, 0.05) is 6.04 Å². The fraction of sp³-hybridized carbons (Fsp3) is 0.455. The topological polar surface area (TPSA) is 38.0 Å². The van der Waals surface area contributed by atoms with Crippen LogP contribution in [-0.2, 0) is 0 Å². The Bertz CT molecular complexity index is 352. The maximum absolute atomic E-state index is 13.2. The molecule has 1 aliphatic carbocycles. The van der Waals surface area contributed by atoms with Gasteiger partial charge in [0.15, 0.2) is 0 Å². The van der Waals surface area contributed by atoms with Crippen LogP contribution in [-0.4, -0.2) is 0 Å². The Morgan fingerprint density at radius 1 is 1.53 bits per heavy atom. The van der Waals surface area contributed by atoms with Gasteiger partial charge in [0.05, 0.1) is 5.02 Å². The predicted molar refractivity (Wildman–Crippen MR) is 58.8 cm³/mol. The van der Waals surface area contributed by atoms with E-state index in [1.807, 2.05) is 6.07 Å². The van der Waals surface area contributed by atoms with Crippen molar-refractivity contribution in [2.24, 2.45) is 11.8 Å². The lowest BCUT2D eigenvalue weighted by atomic mass is 10.0. The van der Waals surface area contributed by atoms with E-state index in [-0.39, 0.29) is 16.9 Å². The minimum absolute atomic E-state index is 0.0410. The van der Waals surface area contributed by atoms with Crippen LogP contribution in [0.25, 0.3) is 0 Å². The molecule has 15 heavy (non-hydrogen) atoms. The number of nitrogens with two attached hydrogens (primary N) is 1. The number of halogens is 2.